The van der Waals surface area contributed by atoms with E-state index in [4.69, 9.17) is 10.2 Å². The van der Waals surface area contributed by atoms with Crippen molar-refractivity contribution in [3.8, 4) is 5.75 Å². The summed E-state index contributed by atoms with van der Waals surface area (Å²) in [4.78, 5) is 39.6. The molecule has 0 radical (unpaired) electrons. The van der Waals surface area contributed by atoms with Gasteiger partial charge in [-0.25, -0.2) is 0 Å². The third-order valence-corrected chi connectivity index (χ3v) is 4.28. The molecule has 1 heterocycles. The molecule has 0 bridgehead atoms. The van der Waals surface area contributed by atoms with Gasteiger partial charge >= 0.3 is 152 Å². The predicted octanol–water partition coefficient (Wildman–Crippen LogP) is -1.07. The molecule has 0 unspecified atom stereocenters. The van der Waals surface area contributed by atoms with Crippen molar-refractivity contribution in [3.05, 3.63) is 6.20 Å². The van der Waals surface area contributed by atoms with Crippen LogP contribution in [0.4, 0.5) is 0 Å². The maximum atomic E-state index is 11.0. The van der Waals surface area contributed by atoms with E-state index < -0.39 is 11.9 Å². The van der Waals surface area contributed by atoms with Crippen molar-refractivity contribution in [1.29, 1.82) is 0 Å². The zero-order valence-electron chi connectivity index (χ0n) is 14.4. The molecule has 0 aromatic carbocycles. The molecule has 1 fully saturated rings. The minimum absolute atomic E-state index is 0.146. The van der Waals surface area contributed by atoms with E-state index in [1.165, 1.54) is 6.20 Å². The predicted molar refractivity (Wildman–Crippen MR) is 93.1 cm³/mol. The van der Waals surface area contributed by atoms with Crippen LogP contribution in [0.15, 0.2) is 6.20 Å². The summed E-state index contributed by atoms with van der Waals surface area (Å²) in [6.45, 7) is 2.99. The molecule has 144 valence electrons. The van der Waals surface area contributed by atoms with Gasteiger partial charge < -0.3 is 0 Å². The van der Waals surface area contributed by atoms with Crippen LogP contribution in [0.3, 0.4) is 0 Å². The van der Waals surface area contributed by atoms with Gasteiger partial charge in [0.2, 0.25) is 0 Å². The average Bonchev–Trinajstić information content (AvgIpc) is 2.56. The fraction of sp³-hybridized carbons (Fsp3) is 0.667. The summed E-state index contributed by atoms with van der Waals surface area (Å²) in [6, 6.07) is 0. The van der Waals surface area contributed by atoms with Crippen molar-refractivity contribution in [3.63, 3.8) is 0 Å². The monoisotopic (exact) mass is 386 g/mol. The summed E-state index contributed by atoms with van der Waals surface area (Å²) in [5, 5.41) is 18.1. The van der Waals surface area contributed by atoms with Crippen LogP contribution in [0.5, 0.6) is 0 Å². The zero-order chi connectivity index (χ0) is 19.4. The van der Waals surface area contributed by atoms with Gasteiger partial charge in [0.15, 0.2) is 0 Å². The molecule has 0 spiro atoms. The molecule has 1 aliphatic heterocycles. The molecule has 0 atom stereocenters. The number of carbonyl (C=O) groups is 2. The van der Waals surface area contributed by atoms with Crippen molar-refractivity contribution in [2.24, 2.45) is 0 Å². The SMILES string of the molecule is O=C=CN1CCN(CC(=O)O)CCN(C#P=O)CCN(CC(=O)O)CC1. The zero-order valence-corrected chi connectivity index (χ0v) is 15.3. The molecule has 0 aliphatic carbocycles. The summed E-state index contributed by atoms with van der Waals surface area (Å²) < 4.78 is 10.9. The summed E-state index contributed by atoms with van der Waals surface area (Å²) in [5.41, 5.74) is 0. The van der Waals surface area contributed by atoms with Crippen LogP contribution in [-0.4, -0.2) is 113 Å². The molecule has 1 aliphatic rings. The van der Waals surface area contributed by atoms with Gasteiger partial charge in [-0.05, 0) is 0 Å². The first-order chi connectivity index (χ1) is 12.4. The molecule has 2 N–H and O–H groups in total. The summed E-state index contributed by atoms with van der Waals surface area (Å²) >= 11 is 0. The van der Waals surface area contributed by atoms with Crippen LogP contribution in [0, 0.1) is 5.75 Å². The molecule has 1 rings (SSSR count). The van der Waals surface area contributed by atoms with E-state index in [1.54, 1.807) is 25.5 Å². The molecule has 0 saturated carbocycles. The van der Waals surface area contributed by atoms with Crippen molar-refractivity contribution in [2.75, 3.05) is 65.4 Å². The van der Waals surface area contributed by atoms with Gasteiger partial charge in [-0.1, -0.05) is 0 Å². The standard InChI is InChI=1S/C15H23N4O6P/c20-10-9-16-1-3-17(11-14(21)22)5-7-19(13-26-25)8-6-18(4-2-16)12-15(23)24/h9H,1-8,11-12H2,(H,21,22)(H,23,24). The van der Waals surface area contributed by atoms with Gasteiger partial charge in [-0.2, -0.15) is 0 Å². The maximum absolute atomic E-state index is 11.0. The quantitative estimate of drug-likeness (QED) is 0.446. The Morgan fingerprint density at radius 2 is 1.35 bits per heavy atom. The van der Waals surface area contributed by atoms with Gasteiger partial charge in [0.05, 0.1) is 0 Å². The number of hydrogen-bond acceptors (Lipinski definition) is 8. The van der Waals surface area contributed by atoms with Gasteiger partial charge in [-0.3, -0.25) is 0 Å². The molecule has 0 aromatic heterocycles. The van der Waals surface area contributed by atoms with E-state index in [0.717, 1.165) is 0 Å². The molecule has 0 amide bonds. The van der Waals surface area contributed by atoms with E-state index in [-0.39, 0.29) is 21.0 Å². The number of nitrogens with zero attached hydrogens (tertiary/aromatic N) is 4. The second-order valence-electron chi connectivity index (χ2n) is 5.80. The Kier molecular flexibility index (Phi) is 10.6. The Morgan fingerprint density at radius 3 is 1.73 bits per heavy atom. The number of aliphatic carboxylic acids is 2. The van der Waals surface area contributed by atoms with Crippen molar-refractivity contribution < 1.29 is 29.2 Å². The second kappa shape index (κ2) is 12.4. The van der Waals surface area contributed by atoms with Crippen LogP contribution in [-0.2, 0) is 18.9 Å². The van der Waals surface area contributed by atoms with Crippen molar-refractivity contribution >= 4 is 25.8 Å². The molecular weight excluding hydrogens is 363 g/mol. The minimum atomic E-state index is -0.955. The molecule has 11 heteroatoms. The molecule has 26 heavy (non-hydrogen) atoms. The number of carboxylic acids is 2. The normalized spacial score (nSPS) is 18.7. The second-order valence-corrected chi connectivity index (χ2v) is 6.18. The Balaban J connectivity index is 2.90. The summed E-state index contributed by atoms with van der Waals surface area (Å²) in [7, 11) is -0.284. The van der Waals surface area contributed by atoms with E-state index in [9.17, 15) is 18.9 Å². The number of carboxylic acid groups (broad SMARTS) is 2. The van der Waals surface area contributed by atoms with E-state index in [1.807, 2.05) is 0 Å². The Labute approximate surface area is 152 Å². The van der Waals surface area contributed by atoms with Gasteiger partial charge in [-0.15, -0.1) is 0 Å². The Morgan fingerprint density at radius 1 is 0.885 bits per heavy atom. The van der Waals surface area contributed by atoms with Crippen LogP contribution >= 0.6 is 7.92 Å². The van der Waals surface area contributed by atoms with Gasteiger partial charge in [0, 0.05) is 0 Å². The molecule has 0 aromatic rings. The van der Waals surface area contributed by atoms with E-state index in [0.29, 0.717) is 52.4 Å². The van der Waals surface area contributed by atoms with Crippen LogP contribution < -0.4 is 0 Å². The van der Waals surface area contributed by atoms with Gasteiger partial charge in [0.25, 0.3) is 0 Å². The number of rotatable bonds is 5. The van der Waals surface area contributed by atoms with E-state index in [2.05, 4.69) is 5.75 Å². The van der Waals surface area contributed by atoms with Crippen LogP contribution in [0.2, 0.25) is 0 Å². The van der Waals surface area contributed by atoms with Crippen molar-refractivity contribution in [2.45, 2.75) is 0 Å². The first kappa shape index (κ1) is 22.1. The summed E-state index contributed by atoms with van der Waals surface area (Å²) in [5.74, 6) is 2.45. The summed E-state index contributed by atoms with van der Waals surface area (Å²) in [6.07, 6.45) is 1.26. The Bertz CT molecular complexity index is 601. The Hall–Kier alpha value is -1.92. The third-order valence-electron chi connectivity index (χ3n) is 3.91. The molecule has 1 saturated heterocycles. The fourth-order valence-electron chi connectivity index (χ4n) is 2.57. The molecular formula is C15H23N4O6P. The van der Waals surface area contributed by atoms with Gasteiger partial charge in [0.1, 0.15) is 0 Å². The topological polar surface area (TPSA) is 122 Å². The first-order valence-electron chi connectivity index (χ1n) is 8.11. The molecule has 10 nitrogen and oxygen atoms in total. The first-order valence-corrected chi connectivity index (χ1v) is 8.92. The number of hydrogen-bond donors (Lipinski definition) is 2. The van der Waals surface area contributed by atoms with E-state index >= 15 is 0 Å². The van der Waals surface area contributed by atoms with Crippen molar-refractivity contribution in [1.82, 2.24) is 19.6 Å². The fourth-order valence-corrected chi connectivity index (χ4v) is 2.89. The van der Waals surface area contributed by atoms with Crippen LogP contribution in [0.25, 0.3) is 0 Å². The third kappa shape index (κ3) is 9.53. The number of carbonyl (C=O) groups excluding carboxylic acids is 1. The average molecular weight is 386 g/mol. The van der Waals surface area contributed by atoms with Crippen LogP contribution in [0.1, 0.15) is 0 Å².